The van der Waals surface area contributed by atoms with Crippen molar-refractivity contribution in [3.63, 3.8) is 0 Å². The minimum atomic E-state index is -5.08. The van der Waals surface area contributed by atoms with Crippen molar-refractivity contribution in [2.45, 2.75) is 63.8 Å². The summed E-state index contributed by atoms with van der Waals surface area (Å²) in [6, 6.07) is 3.12. The Morgan fingerprint density at radius 2 is 1.46 bits per heavy atom. The lowest BCUT2D eigenvalue weighted by Crippen LogP contribution is -2.35. The van der Waals surface area contributed by atoms with E-state index in [1.807, 2.05) is 6.92 Å². The van der Waals surface area contributed by atoms with Gasteiger partial charge in [0, 0.05) is 12.1 Å². The summed E-state index contributed by atoms with van der Waals surface area (Å²) >= 11 is 0. The summed E-state index contributed by atoms with van der Waals surface area (Å²) in [6.45, 7) is 3.22. The number of carbonyl (C=O) groups excluding carboxylic acids is 1. The first-order valence-corrected chi connectivity index (χ1v) is 12.6. The molecule has 1 saturated heterocycles. The van der Waals surface area contributed by atoms with Crippen molar-refractivity contribution >= 4 is 11.7 Å². The van der Waals surface area contributed by atoms with E-state index >= 15 is 0 Å². The third kappa shape index (κ3) is 6.43. The zero-order chi connectivity index (χ0) is 30.5. The predicted octanol–water partition coefficient (Wildman–Crippen LogP) is 8.91. The van der Waals surface area contributed by atoms with Crippen molar-refractivity contribution in [1.82, 2.24) is 4.90 Å². The number of ether oxygens (including phenoxy) is 2. The van der Waals surface area contributed by atoms with Crippen molar-refractivity contribution in [3.8, 4) is 5.75 Å². The lowest BCUT2D eigenvalue weighted by molar-refractivity contribution is -0.143. The average Bonchev–Trinajstić information content (AvgIpc) is 3.15. The lowest BCUT2D eigenvalue weighted by atomic mass is 9.81. The molecule has 41 heavy (non-hydrogen) atoms. The molecule has 0 aromatic heterocycles. The van der Waals surface area contributed by atoms with Crippen LogP contribution in [-0.2, 0) is 23.3 Å². The monoisotopic (exact) mass is 595 g/mol. The maximum Gasteiger partial charge on any atom is 0.416 e. The molecule has 0 N–H and O–H groups in total. The van der Waals surface area contributed by atoms with Gasteiger partial charge in [-0.2, -0.15) is 39.5 Å². The Balaban J connectivity index is 1.73. The SMILES string of the molecule is COc1ccc(C(F)(F)F)cc1C1=C(CN2C(=O)O[C@H](c3cc(C(F)(F)F)cc(C(F)(F)F)c3)[C@@H]2C)CC(C)CC1. The van der Waals surface area contributed by atoms with Crippen LogP contribution in [0.25, 0.3) is 5.57 Å². The molecule has 0 saturated carbocycles. The summed E-state index contributed by atoms with van der Waals surface area (Å²) in [5.74, 6) is 0.298. The number of rotatable bonds is 5. The van der Waals surface area contributed by atoms with Gasteiger partial charge < -0.3 is 9.47 Å². The summed E-state index contributed by atoms with van der Waals surface area (Å²) in [5, 5.41) is 0. The number of hydrogen-bond donors (Lipinski definition) is 0. The van der Waals surface area contributed by atoms with E-state index in [-0.39, 0.29) is 29.8 Å². The van der Waals surface area contributed by atoms with Crippen LogP contribution in [0.2, 0.25) is 0 Å². The predicted molar refractivity (Wildman–Crippen MR) is 130 cm³/mol. The lowest BCUT2D eigenvalue weighted by Gasteiger charge is -2.30. The highest BCUT2D eigenvalue weighted by molar-refractivity contribution is 5.77. The second kappa shape index (κ2) is 10.8. The van der Waals surface area contributed by atoms with E-state index in [1.54, 1.807) is 0 Å². The van der Waals surface area contributed by atoms with E-state index in [0.717, 1.165) is 12.1 Å². The zero-order valence-electron chi connectivity index (χ0n) is 22.1. The first kappa shape index (κ1) is 30.6. The molecule has 4 nitrogen and oxygen atoms in total. The third-order valence-electron chi connectivity index (χ3n) is 7.45. The largest absolute Gasteiger partial charge is 0.496 e. The molecular weight excluding hydrogens is 569 g/mol. The number of halogens is 9. The second-order valence-electron chi connectivity index (χ2n) is 10.4. The highest BCUT2D eigenvalue weighted by Crippen LogP contribution is 2.44. The van der Waals surface area contributed by atoms with Crippen LogP contribution in [-0.4, -0.2) is 30.7 Å². The number of methoxy groups -OCH3 is 1. The smallest absolute Gasteiger partial charge is 0.416 e. The van der Waals surface area contributed by atoms with Gasteiger partial charge in [0.2, 0.25) is 0 Å². The van der Waals surface area contributed by atoms with Crippen LogP contribution in [0.5, 0.6) is 5.75 Å². The van der Waals surface area contributed by atoms with Crippen molar-refractivity contribution in [2.75, 3.05) is 13.7 Å². The fourth-order valence-corrected chi connectivity index (χ4v) is 5.33. The average molecular weight is 596 g/mol. The van der Waals surface area contributed by atoms with Gasteiger partial charge in [-0.25, -0.2) is 4.79 Å². The maximum absolute atomic E-state index is 13.5. The highest BCUT2D eigenvalue weighted by atomic mass is 19.4. The molecule has 1 amide bonds. The molecule has 1 heterocycles. The molecule has 2 aliphatic rings. The van der Waals surface area contributed by atoms with Gasteiger partial charge >= 0.3 is 24.6 Å². The molecule has 0 radical (unpaired) electrons. The number of cyclic esters (lactones) is 1. The first-order chi connectivity index (χ1) is 18.9. The van der Waals surface area contributed by atoms with Gasteiger partial charge in [0.05, 0.1) is 29.8 Å². The zero-order valence-corrected chi connectivity index (χ0v) is 22.1. The molecule has 1 aliphatic heterocycles. The molecular formula is C28H26F9NO3. The minimum absolute atomic E-state index is 0.00827. The van der Waals surface area contributed by atoms with Gasteiger partial charge in [-0.05, 0) is 85.2 Å². The minimum Gasteiger partial charge on any atom is -0.496 e. The van der Waals surface area contributed by atoms with Crippen LogP contribution in [0.4, 0.5) is 44.3 Å². The quantitative estimate of drug-likeness (QED) is 0.324. The summed E-state index contributed by atoms with van der Waals surface area (Å²) in [4.78, 5) is 14.1. The Hall–Kier alpha value is -3.38. The van der Waals surface area contributed by atoms with E-state index < -0.39 is 59.0 Å². The number of carbonyl (C=O) groups is 1. The molecule has 1 fully saturated rings. The van der Waals surface area contributed by atoms with E-state index in [0.29, 0.717) is 42.5 Å². The fraction of sp³-hybridized carbons (Fsp3) is 0.464. The van der Waals surface area contributed by atoms with Gasteiger partial charge in [-0.3, -0.25) is 4.90 Å². The maximum atomic E-state index is 13.5. The van der Waals surface area contributed by atoms with Gasteiger partial charge in [0.25, 0.3) is 0 Å². The number of amides is 1. The molecule has 2 aromatic rings. The Morgan fingerprint density at radius 1 is 0.878 bits per heavy atom. The van der Waals surface area contributed by atoms with Crippen LogP contribution in [0.15, 0.2) is 42.0 Å². The van der Waals surface area contributed by atoms with E-state index in [9.17, 15) is 44.3 Å². The number of allylic oxidation sites excluding steroid dienone is 1. The summed E-state index contributed by atoms with van der Waals surface area (Å²) in [7, 11) is 1.31. The van der Waals surface area contributed by atoms with Crippen molar-refractivity contribution in [3.05, 3.63) is 69.8 Å². The van der Waals surface area contributed by atoms with Crippen molar-refractivity contribution < 1.29 is 53.8 Å². The topological polar surface area (TPSA) is 38.8 Å². The van der Waals surface area contributed by atoms with Gasteiger partial charge in [0.15, 0.2) is 0 Å². The normalized spacial score (nSPS) is 22.3. The Kier molecular flexibility index (Phi) is 8.05. The summed E-state index contributed by atoms with van der Waals surface area (Å²) < 4.78 is 132. The Labute approximate surface area is 229 Å². The van der Waals surface area contributed by atoms with Gasteiger partial charge in [0.1, 0.15) is 11.9 Å². The molecule has 0 spiro atoms. The van der Waals surface area contributed by atoms with Crippen LogP contribution >= 0.6 is 0 Å². The third-order valence-corrected chi connectivity index (χ3v) is 7.45. The Morgan fingerprint density at radius 3 is 2.00 bits per heavy atom. The highest BCUT2D eigenvalue weighted by Gasteiger charge is 2.44. The number of hydrogen-bond acceptors (Lipinski definition) is 3. The number of benzene rings is 2. The van der Waals surface area contributed by atoms with Crippen molar-refractivity contribution in [2.24, 2.45) is 5.92 Å². The van der Waals surface area contributed by atoms with Crippen LogP contribution in [0.1, 0.15) is 67.0 Å². The van der Waals surface area contributed by atoms with Crippen molar-refractivity contribution in [1.29, 1.82) is 0 Å². The molecule has 1 aliphatic carbocycles. The summed E-state index contributed by atoms with van der Waals surface area (Å²) in [6.07, 6.45) is -15.8. The molecule has 4 rings (SSSR count). The molecule has 224 valence electrons. The van der Waals surface area contributed by atoms with Crippen LogP contribution in [0, 0.1) is 5.92 Å². The summed E-state index contributed by atoms with van der Waals surface area (Å²) in [5.41, 5.74) is -3.09. The number of alkyl halides is 9. The first-order valence-electron chi connectivity index (χ1n) is 12.6. The molecule has 2 aromatic carbocycles. The Bertz CT molecular complexity index is 1310. The number of nitrogens with zero attached hydrogens (tertiary/aromatic N) is 1. The molecule has 3 atom stereocenters. The van der Waals surface area contributed by atoms with E-state index in [4.69, 9.17) is 9.47 Å². The van der Waals surface area contributed by atoms with E-state index in [2.05, 4.69) is 0 Å². The van der Waals surface area contributed by atoms with Crippen LogP contribution < -0.4 is 4.74 Å². The second-order valence-corrected chi connectivity index (χ2v) is 10.4. The van der Waals surface area contributed by atoms with Gasteiger partial charge in [-0.15, -0.1) is 0 Å². The van der Waals surface area contributed by atoms with Gasteiger partial charge in [-0.1, -0.05) is 6.92 Å². The molecule has 0 bridgehead atoms. The standard InChI is InChI=1S/C28H26F9NO3/c1-14-4-6-21(22-12-18(26(29,30)31)5-7-23(22)40-3)17(8-14)13-38-15(2)24(41-25(38)39)16-9-19(27(32,33)34)11-20(10-16)28(35,36)37/h5,7,9-12,14-15,24H,4,6,8,13H2,1-3H3/t14?,15-,24-/m0/s1. The van der Waals surface area contributed by atoms with Crippen LogP contribution in [0.3, 0.4) is 0 Å². The van der Waals surface area contributed by atoms with E-state index in [1.165, 1.54) is 25.0 Å². The molecule has 13 heteroatoms. The fourth-order valence-electron chi connectivity index (χ4n) is 5.33. The molecule has 1 unspecified atom stereocenters.